The fourth-order valence-corrected chi connectivity index (χ4v) is 2.20. The van der Waals surface area contributed by atoms with E-state index >= 15 is 0 Å². The van der Waals surface area contributed by atoms with E-state index in [2.05, 4.69) is 5.32 Å². The molecule has 0 heterocycles. The van der Waals surface area contributed by atoms with Crippen molar-refractivity contribution in [3.63, 3.8) is 0 Å². The number of para-hydroxylation sites is 1. The van der Waals surface area contributed by atoms with Crippen LogP contribution in [-0.2, 0) is 0 Å². The third kappa shape index (κ3) is 2.76. The van der Waals surface area contributed by atoms with Gasteiger partial charge in [0, 0.05) is 5.56 Å². The third-order valence-electron chi connectivity index (χ3n) is 3.27. The maximum absolute atomic E-state index is 13.7. The van der Waals surface area contributed by atoms with Crippen molar-refractivity contribution in [1.82, 2.24) is 5.32 Å². The summed E-state index contributed by atoms with van der Waals surface area (Å²) in [4.78, 5) is 0. The van der Waals surface area contributed by atoms with Crippen LogP contribution in [0.5, 0.6) is 5.75 Å². The Balaban J connectivity index is 2.46. The van der Waals surface area contributed by atoms with Crippen molar-refractivity contribution in [3.05, 3.63) is 65.0 Å². The fraction of sp³-hybridized carbons (Fsp3) is 0.250. The molecular formula is C16H18FNO. The first-order valence-electron chi connectivity index (χ1n) is 6.23. The van der Waals surface area contributed by atoms with E-state index < -0.39 is 0 Å². The summed E-state index contributed by atoms with van der Waals surface area (Å²) in [5.74, 6) is 0.607. The molecule has 0 fully saturated rings. The summed E-state index contributed by atoms with van der Waals surface area (Å²) in [5, 5.41) is 3.21. The Morgan fingerprint density at radius 2 is 1.89 bits per heavy atom. The van der Waals surface area contributed by atoms with Crippen LogP contribution in [0.15, 0.2) is 42.5 Å². The van der Waals surface area contributed by atoms with Crippen molar-refractivity contribution >= 4 is 0 Å². The average Bonchev–Trinajstić information content (AvgIpc) is 2.44. The topological polar surface area (TPSA) is 21.3 Å². The molecule has 2 aromatic rings. The van der Waals surface area contributed by atoms with E-state index in [0.717, 1.165) is 16.9 Å². The maximum atomic E-state index is 13.7. The van der Waals surface area contributed by atoms with Gasteiger partial charge in [-0.2, -0.15) is 0 Å². The van der Waals surface area contributed by atoms with E-state index in [0.29, 0.717) is 5.56 Å². The highest BCUT2D eigenvalue weighted by atomic mass is 19.1. The number of rotatable bonds is 4. The second-order valence-corrected chi connectivity index (χ2v) is 4.47. The summed E-state index contributed by atoms with van der Waals surface area (Å²) in [5.41, 5.74) is 2.53. The van der Waals surface area contributed by atoms with E-state index in [1.165, 1.54) is 0 Å². The molecule has 1 atom stereocenters. The van der Waals surface area contributed by atoms with E-state index in [1.807, 2.05) is 37.4 Å². The summed E-state index contributed by atoms with van der Waals surface area (Å²) in [6.07, 6.45) is 0. The van der Waals surface area contributed by atoms with Crippen LogP contribution in [-0.4, -0.2) is 14.2 Å². The summed E-state index contributed by atoms with van der Waals surface area (Å²) < 4.78 is 19.1. The minimum atomic E-state index is -0.187. The van der Waals surface area contributed by atoms with Gasteiger partial charge in [0.15, 0.2) is 0 Å². The number of methoxy groups -OCH3 is 1. The number of halogens is 1. The normalized spacial score (nSPS) is 12.2. The molecule has 0 bridgehead atoms. The first kappa shape index (κ1) is 13.6. The summed E-state index contributed by atoms with van der Waals surface area (Å²) in [6, 6.07) is 13.0. The van der Waals surface area contributed by atoms with Crippen LogP contribution < -0.4 is 10.1 Å². The van der Waals surface area contributed by atoms with Crippen molar-refractivity contribution in [3.8, 4) is 5.75 Å². The third-order valence-corrected chi connectivity index (χ3v) is 3.27. The van der Waals surface area contributed by atoms with E-state index in [9.17, 15) is 4.39 Å². The molecule has 19 heavy (non-hydrogen) atoms. The highest BCUT2D eigenvalue weighted by molar-refractivity contribution is 5.42. The monoisotopic (exact) mass is 259 g/mol. The molecule has 0 amide bonds. The van der Waals surface area contributed by atoms with Gasteiger partial charge in [-0.25, -0.2) is 4.39 Å². The molecular weight excluding hydrogens is 241 g/mol. The smallest absolute Gasteiger partial charge is 0.126 e. The van der Waals surface area contributed by atoms with Gasteiger partial charge in [-0.15, -0.1) is 0 Å². The molecule has 100 valence electrons. The van der Waals surface area contributed by atoms with Crippen LogP contribution >= 0.6 is 0 Å². The predicted molar refractivity (Wildman–Crippen MR) is 75.0 cm³/mol. The van der Waals surface area contributed by atoms with Crippen molar-refractivity contribution in [2.45, 2.75) is 13.0 Å². The molecule has 0 saturated carbocycles. The van der Waals surface area contributed by atoms with Gasteiger partial charge in [0.2, 0.25) is 0 Å². The molecule has 2 aromatic carbocycles. The number of hydrogen-bond donors (Lipinski definition) is 1. The lowest BCUT2D eigenvalue weighted by Gasteiger charge is -2.20. The van der Waals surface area contributed by atoms with E-state index in [-0.39, 0.29) is 11.9 Å². The Labute approximate surface area is 113 Å². The average molecular weight is 259 g/mol. The zero-order chi connectivity index (χ0) is 13.8. The summed E-state index contributed by atoms with van der Waals surface area (Å²) >= 11 is 0. The number of hydrogen-bond acceptors (Lipinski definition) is 2. The van der Waals surface area contributed by atoms with Crippen LogP contribution in [0, 0.1) is 12.7 Å². The van der Waals surface area contributed by atoms with Gasteiger partial charge in [-0.05, 0) is 37.2 Å². The van der Waals surface area contributed by atoms with E-state index in [1.54, 1.807) is 26.2 Å². The molecule has 3 heteroatoms. The van der Waals surface area contributed by atoms with Crippen LogP contribution in [0.3, 0.4) is 0 Å². The lowest BCUT2D eigenvalue weighted by molar-refractivity contribution is 0.405. The second-order valence-electron chi connectivity index (χ2n) is 4.47. The van der Waals surface area contributed by atoms with Gasteiger partial charge in [0.05, 0.1) is 13.2 Å². The molecule has 1 N–H and O–H groups in total. The largest absolute Gasteiger partial charge is 0.496 e. The zero-order valence-corrected chi connectivity index (χ0v) is 11.4. The van der Waals surface area contributed by atoms with Crippen molar-refractivity contribution in [2.75, 3.05) is 14.2 Å². The molecule has 2 nitrogen and oxygen atoms in total. The Bertz CT molecular complexity index is 568. The molecule has 0 aliphatic heterocycles. The lowest BCUT2D eigenvalue weighted by atomic mass is 9.97. The molecule has 0 aliphatic carbocycles. The standard InChI is InChI=1S/C16H18FNO/c1-11-8-9-12(10-14(11)17)16(18-2)13-6-4-5-7-15(13)19-3/h4-10,16,18H,1-3H3. The minimum Gasteiger partial charge on any atom is -0.496 e. The highest BCUT2D eigenvalue weighted by Crippen LogP contribution is 2.30. The predicted octanol–water partition coefficient (Wildman–Crippen LogP) is 3.45. The van der Waals surface area contributed by atoms with Crippen molar-refractivity contribution in [1.29, 1.82) is 0 Å². The fourth-order valence-electron chi connectivity index (χ4n) is 2.20. The number of benzene rings is 2. The minimum absolute atomic E-state index is 0.0914. The van der Waals surface area contributed by atoms with Gasteiger partial charge in [-0.3, -0.25) is 0 Å². The van der Waals surface area contributed by atoms with Gasteiger partial charge in [0.1, 0.15) is 11.6 Å². The molecule has 1 unspecified atom stereocenters. The van der Waals surface area contributed by atoms with Crippen molar-refractivity contribution < 1.29 is 9.13 Å². The summed E-state index contributed by atoms with van der Waals surface area (Å²) in [7, 11) is 3.50. The van der Waals surface area contributed by atoms with Gasteiger partial charge >= 0.3 is 0 Å². The van der Waals surface area contributed by atoms with Gasteiger partial charge in [0.25, 0.3) is 0 Å². The number of aryl methyl sites for hydroxylation is 1. The molecule has 2 rings (SSSR count). The van der Waals surface area contributed by atoms with Crippen molar-refractivity contribution in [2.24, 2.45) is 0 Å². The zero-order valence-electron chi connectivity index (χ0n) is 11.4. The van der Waals surface area contributed by atoms with Crippen LogP contribution in [0.4, 0.5) is 4.39 Å². The first-order valence-corrected chi connectivity index (χ1v) is 6.23. The molecule has 0 aliphatic rings. The Morgan fingerprint density at radius 1 is 1.16 bits per heavy atom. The molecule has 0 radical (unpaired) electrons. The Kier molecular flexibility index (Phi) is 4.17. The quantitative estimate of drug-likeness (QED) is 0.908. The maximum Gasteiger partial charge on any atom is 0.126 e. The van der Waals surface area contributed by atoms with Gasteiger partial charge < -0.3 is 10.1 Å². The van der Waals surface area contributed by atoms with Crippen LogP contribution in [0.25, 0.3) is 0 Å². The SMILES string of the molecule is CNC(c1ccc(C)c(F)c1)c1ccccc1OC. The molecule has 0 saturated heterocycles. The first-order chi connectivity index (χ1) is 9.17. The Morgan fingerprint density at radius 3 is 2.53 bits per heavy atom. The molecule has 0 spiro atoms. The summed E-state index contributed by atoms with van der Waals surface area (Å²) in [6.45, 7) is 1.76. The number of nitrogens with one attached hydrogen (secondary N) is 1. The van der Waals surface area contributed by atoms with Gasteiger partial charge in [-0.1, -0.05) is 30.3 Å². The highest BCUT2D eigenvalue weighted by Gasteiger charge is 2.16. The number of ether oxygens (including phenoxy) is 1. The molecule has 0 aromatic heterocycles. The van der Waals surface area contributed by atoms with Crippen LogP contribution in [0.1, 0.15) is 22.7 Å². The van der Waals surface area contributed by atoms with E-state index in [4.69, 9.17) is 4.74 Å². The van der Waals surface area contributed by atoms with Crippen LogP contribution in [0.2, 0.25) is 0 Å². The second kappa shape index (κ2) is 5.85. The Hall–Kier alpha value is -1.87. The lowest BCUT2D eigenvalue weighted by Crippen LogP contribution is -2.18.